The van der Waals surface area contributed by atoms with Crippen LogP contribution in [0.1, 0.15) is 11.3 Å². The summed E-state index contributed by atoms with van der Waals surface area (Å²) in [6.45, 7) is 1.53. The van der Waals surface area contributed by atoms with E-state index in [9.17, 15) is 4.79 Å². The Morgan fingerprint density at radius 1 is 1.50 bits per heavy atom. The summed E-state index contributed by atoms with van der Waals surface area (Å²) in [4.78, 5) is 16.5. The van der Waals surface area contributed by atoms with Crippen LogP contribution in [0.25, 0.3) is 0 Å². The van der Waals surface area contributed by atoms with E-state index in [4.69, 9.17) is 16.9 Å². The van der Waals surface area contributed by atoms with E-state index in [2.05, 4.69) is 0 Å². The molecule has 0 atom stereocenters. The molecule has 0 aliphatic rings. The minimum absolute atomic E-state index is 0.0235. The van der Waals surface area contributed by atoms with Crippen LogP contribution in [-0.2, 0) is 11.3 Å². The maximum atomic E-state index is 11.8. The molecule has 6 heteroatoms. The molecule has 98 valence electrons. The molecule has 0 unspecified atom stereocenters. The van der Waals surface area contributed by atoms with Crippen LogP contribution in [0.2, 0.25) is 4.34 Å². The summed E-state index contributed by atoms with van der Waals surface area (Å²) in [6, 6.07) is 5.85. The lowest BCUT2D eigenvalue weighted by molar-refractivity contribution is -0.130. The molecule has 0 spiro atoms. The van der Waals surface area contributed by atoms with Crippen molar-refractivity contribution in [3.8, 4) is 6.07 Å². The zero-order valence-corrected chi connectivity index (χ0v) is 12.1. The van der Waals surface area contributed by atoms with Gasteiger partial charge in [-0.1, -0.05) is 11.6 Å². The molecule has 1 aromatic rings. The minimum Gasteiger partial charge on any atom is -0.344 e. The quantitative estimate of drug-likeness (QED) is 0.805. The van der Waals surface area contributed by atoms with E-state index < -0.39 is 0 Å². The lowest BCUT2D eigenvalue weighted by Crippen LogP contribution is -2.36. The van der Waals surface area contributed by atoms with E-state index in [0.29, 0.717) is 26.1 Å². The van der Waals surface area contributed by atoms with Gasteiger partial charge in [0.25, 0.3) is 0 Å². The van der Waals surface area contributed by atoms with Crippen LogP contribution in [0.5, 0.6) is 0 Å². The Morgan fingerprint density at radius 2 is 2.22 bits per heavy atom. The van der Waals surface area contributed by atoms with Gasteiger partial charge in [0.15, 0.2) is 0 Å². The third-order valence-corrected chi connectivity index (χ3v) is 3.66. The topological polar surface area (TPSA) is 47.3 Å². The summed E-state index contributed by atoms with van der Waals surface area (Å²) in [7, 11) is 3.61. The first-order chi connectivity index (χ1) is 8.52. The summed E-state index contributed by atoms with van der Waals surface area (Å²) in [5, 5.41) is 8.47. The van der Waals surface area contributed by atoms with Crippen LogP contribution in [0.4, 0.5) is 0 Å². The number of nitrogens with zero attached hydrogens (tertiary/aromatic N) is 3. The van der Waals surface area contributed by atoms with Crippen LogP contribution in [0.3, 0.4) is 0 Å². The smallest absolute Gasteiger partial charge is 0.236 e. The van der Waals surface area contributed by atoms with Crippen molar-refractivity contribution in [2.75, 3.05) is 27.2 Å². The Labute approximate surface area is 116 Å². The van der Waals surface area contributed by atoms with Crippen molar-refractivity contribution in [3.05, 3.63) is 21.3 Å². The molecule has 1 amide bonds. The van der Waals surface area contributed by atoms with Crippen molar-refractivity contribution in [1.29, 1.82) is 5.26 Å². The molecule has 1 heterocycles. The van der Waals surface area contributed by atoms with Gasteiger partial charge < -0.3 is 4.90 Å². The molecule has 0 saturated carbocycles. The van der Waals surface area contributed by atoms with E-state index in [1.165, 1.54) is 11.3 Å². The summed E-state index contributed by atoms with van der Waals surface area (Å²) >= 11 is 7.37. The van der Waals surface area contributed by atoms with Crippen LogP contribution in [-0.4, -0.2) is 42.9 Å². The maximum Gasteiger partial charge on any atom is 0.236 e. The Balaban J connectivity index is 2.37. The number of hydrogen-bond donors (Lipinski definition) is 0. The highest BCUT2D eigenvalue weighted by Gasteiger charge is 2.12. The van der Waals surface area contributed by atoms with Crippen LogP contribution >= 0.6 is 22.9 Å². The molecule has 1 aromatic heterocycles. The zero-order valence-electron chi connectivity index (χ0n) is 10.5. The molecule has 0 N–H and O–H groups in total. The van der Waals surface area contributed by atoms with Crippen molar-refractivity contribution in [1.82, 2.24) is 9.80 Å². The molecule has 0 saturated heterocycles. The number of hydrogen-bond acceptors (Lipinski definition) is 4. The van der Waals surface area contributed by atoms with Crippen LogP contribution < -0.4 is 0 Å². The molecule has 0 aliphatic carbocycles. The molecular formula is C12H16ClN3OS. The maximum absolute atomic E-state index is 11.8. The van der Waals surface area contributed by atoms with Crippen LogP contribution in [0, 0.1) is 11.3 Å². The Bertz CT molecular complexity index is 441. The number of carbonyl (C=O) groups excluding carboxylic acids is 1. The van der Waals surface area contributed by atoms with Gasteiger partial charge in [0.1, 0.15) is 0 Å². The van der Waals surface area contributed by atoms with Gasteiger partial charge in [-0.25, -0.2) is 0 Å². The molecule has 0 radical (unpaired) electrons. The second-order valence-corrected chi connectivity index (χ2v) is 5.90. The van der Waals surface area contributed by atoms with Gasteiger partial charge in [0, 0.05) is 25.0 Å². The monoisotopic (exact) mass is 285 g/mol. The summed E-state index contributed by atoms with van der Waals surface area (Å²) in [5.74, 6) is 0.0235. The predicted molar refractivity (Wildman–Crippen MR) is 73.5 cm³/mol. The van der Waals surface area contributed by atoms with Crippen molar-refractivity contribution >= 4 is 28.8 Å². The van der Waals surface area contributed by atoms with Crippen molar-refractivity contribution < 1.29 is 4.79 Å². The first-order valence-corrected chi connectivity index (χ1v) is 6.76. The van der Waals surface area contributed by atoms with Crippen molar-refractivity contribution in [2.45, 2.75) is 13.0 Å². The lowest BCUT2D eigenvalue weighted by atomic mass is 10.4. The first-order valence-electron chi connectivity index (χ1n) is 5.56. The number of likely N-dealkylation sites (N-methyl/N-ethyl adjacent to an activating group) is 2. The van der Waals surface area contributed by atoms with Gasteiger partial charge in [0.05, 0.1) is 23.4 Å². The van der Waals surface area contributed by atoms with E-state index in [1.54, 1.807) is 11.9 Å². The lowest BCUT2D eigenvalue weighted by Gasteiger charge is -2.20. The number of thiophene rings is 1. The van der Waals surface area contributed by atoms with E-state index in [1.807, 2.05) is 30.1 Å². The third kappa shape index (κ3) is 5.05. The zero-order chi connectivity index (χ0) is 13.5. The molecule has 0 bridgehead atoms. The largest absolute Gasteiger partial charge is 0.344 e. The van der Waals surface area contributed by atoms with Gasteiger partial charge in [-0.3, -0.25) is 9.69 Å². The first kappa shape index (κ1) is 15.0. The molecule has 0 aromatic carbocycles. The van der Waals surface area contributed by atoms with Gasteiger partial charge in [0.2, 0.25) is 5.91 Å². The predicted octanol–water partition coefficient (Wildman–Crippen LogP) is 2.21. The van der Waals surface area contributed by atoms with Gasteiger partial charge >= 0.3 is 0 Å². The number of rotatable bonds is 6. The highest BCUT2D eigenvalue weighted by molar-refractivity contribution is 7.16. The fraction of sp³-hybridized carbons (Fsp3) is 0.500. The number of carbonyl (C=O) groups is 1. The van der Waals surface area contributed by atoms with Crippen molar-refractivity contribution in [3.63, 3.8) is 0 Å². The van der Waals surface area contributed by atoms with Crippen molar-refractivity contribution in [2.24, 2.45) is 0 Å². The Morgan fingerprint density at radius 3 is 2.78 bits per heavy atom. The highest BCUT2D eigenvalue weighted by Crippen LogP contribution is 2.22. The summed E-state index contributed by atoms with van der Waals surface area (Å²) in [5.41, 5.74) is 0. The average molecular weight is 286 g/mol. The molecule has 1 rings (SSSR count). The fourth-order valence-electron chi connectivity index (χ4n) is 1.45. The standard InChI is InChI=1S/C12H16ClN3OS/c1-15(8-10-4-5-11(13)18-10)9-12(17)16(2)7-3-6-14/h4-5H,3,7-9H2,1-2H3. The summed E-state index contributed by atoms with van der Waals surface area (Å²) in [6.07, 6.45) is 0.368. The van der Waals surface area contributed by atoms with E-state index >= 15 is 0 Å². The second-order valence-electron chi connectivity index (χ2n) is 4.10. The third-order valence-electron chi connectivity index (χ3n) is 2.44. The Kier molecular flexibility index (Phi) is 6.13. The molecule has 18 heavy (non-hydrogen) atoms. The number of amides is 1. The van der Waals surface area contributed by atoms with Gasteiger partial charge in [-0.2, -0.15) is 5.26 Å². The molecule has 0 aliphatic heterocycles. The SMILES string of the molecule is CN(CC(=O)N(C)CCC#N)Cc1ccc(Cl)s1. The normalized spacial score (nSPS) is 10.4. The Hall–Kier alpha value is -1.09. The second kappa shape index (κ2) is 7.37. The average Bonchev–Trinajstić information content (AvgIpc) is 2.71. The van der Waals surface area contributed by atoms with Crippen LogP contribution in [0.15, 0.2) is 12.1 Å². The van der Waals surface area contributed by atoms with Gasteiger partial charge in [-0.15, -0.1) is 11.3 Å². The minimum atomic E-state index is 0.0235. The summed E-state index contributed by atoms with van der Waals surface area (Å²) < 4.78 is 0.760. The highest BCUT2D eigenvalue weighted by atomic mass is 35.5. The molecule has 4 nitrogen and oxygen atoms in total. The van der Waals surface area contributed by atoms with E-state index in [0.717, 1.165) is 9.21 Å². The number of nitriles is 1. The number of halogens is 1. The fourth-order valence-corrected chi connectivity index (χ4v) is 2.62. The molecule has 0 fully saturated rings. The van der Waals surface area contributed by atoms with Gasteiger partial charge in [-0.05, 0) is 19.2 Å². The van der Waals surface area contributed by atoms with E-state index in [-0.39, 0.29) is 5.91 Å². The molecular weight excluding hydrogens is 270 g/mol.